The Hall–Kier alpha value is -2.06. The van der Waals surface area contributed by atoms with E-state index in [2.05, 4.69) is 4.72 Å². The first-order valence-electron chi connectivity index (χ1n) is 8.90. The van der Waals surface area contributed by atoms with Crippen LogP contribution in [0, 0.1) is 13.8 Å². The average molecular weight is 411 g/mol. The molecule has 0 atom stereocenters. The minimum absolute atomic E-state index is 0.116. The molecular formula is C19H26N2O4S2. The monoisotopic (exact) mass is 410 g/mol. The van der Waals surface area contributed by atoms with Gasteiger partial charge in [0.1, 0.15) is 0 Å². The second kappa shape index (κ2) is 8.31. The molecule has 0 spiro atoms. The van der Waals surface area contributed by atoms with Crippen LogP contribution in [0.2, 0.25) is 0 Å². The van der Waals surface area contributed by atoms with Crippen LogP contribution in [0.25, 0.3) is 0 Å². The lowest BCUT2D eigenvalue weighted by molar-refractivity contribution is 0.598. The highest BCUT2D eigenvalue weighted by atomic mass is 32.2. The number of sulfonamides is 2. The molecule has 0 aliphatic carbocycles. The Labute approximate surface area is 162 Å². The van der Waals surface area contributed by atoms with Crippen molar-refractivity contribution >= 4 is 31.4 Å². The SMILES string of the molecule is CC.Cc1cc(C)c(N2CCCS2(=O)=O)cc1NS(=O)(=O)c1ccccc1. The molecule has 27 heavy (non-hydrogen) atoms. The number of benzene rings is 2. The van der Waals surface area contributed by atoms with Crippen LogP contribution in [0.1, 0.15) is 31.4 Å². The minimum atomic E-state index is -3.74. The van der Waals surface area contributed by atoms with E-state index < -0.39 is 20.0 Å². The number of nitrogens with one attached hydrogen (secondary N) is 1. The first-order chi connectivity index (χ1) is 12.7. The zero-order valence-electron chi connectivity index (χ0n) is 16.1. The van der Waals surface area contributed by atoms with Gasteiger partial charge in [-0.1, -0.05) is 38.1 Å². The van der Waals surface area contributed by atoms with Crippen molar-refractivity contribution < 1.29 is 16.8 Å². The van der Waals surface area contributed by atoms with Crippen molar-refractivity contribution in [2.24, 2.45) is 0 Å². The lowest BCUT2D eigenvalue weighted by Gasteiger charge is -2.22. The zero-order chi connectivity index (χ0) is 20.2. The predicted molar refractivity (Wildman–Crippen MR) is 110 cm³/mol. The maximum atomic E-state index is 12.6. The molecule has 1 saturated heterocycles. The summed E-state index contributed by atoms with van der Waals surface area (Å²) >= 11 is 0. The van der Waals surface area contributed by atoms with E-state index in [9.17, 15) is 16.8 Å². The standard InChI is InChI=1S/C17H20N2O4S2.C2H6/c1-13-11-14(2)17(19-9-6-10-24(19,20)21)12-16(13)18-25(22,23)15-7-4-3-5-8-15;1-2/h3-5,7-8,11-12,18H,6,9-10H2,1-2H3;1-2H3. The van der Waals surface area contributed by atoms with Crippen LogP contribution >= 0.6 is 0 Å². The maximum absolute atomic E-state index is 12.6. The second-order valence-corrected chi connectivity index (χ2v) is 9.81. The van der Waals surface area contributed by atoms with Gasteiger partial charge in [0, 0.05) is 6.54 Å². The molecule has 1 aliphatic heterocycles. The first kappa shape index (κ1) is 21.2. The van der Waals surface area contributed by atoms with Crippen LogP contribution in [0.3, 0.4) is 0 Å². The van der Waals surface area contributed by atoms with Crippen molar-refractivity contribution in [1.29, 1.82) is 0 Å². The van der Waals surface area contributed by atoms with Gasteiger partial charge >= 0.3 is 0 Å². The summed E-state index contributed by atoms with van der Waals surface area (Å²) in [4.78, 5) is 0.158. The van der Waals surface area contributed by atoms with Crippen molar-refractivity contribution in [3.63, 3.8) is 0 Å². The van der Waals surface area contributed by atoms with Gasteiger partial charge in [0.25, 0.3) is 10.0 Å². The van der Waals surface area contributed by atoms with Crippen molar-refractivity contribution in [3.05, 3.63) is 53.6 Å². The molecule has 1 N–H and O–H groups in total. The van der Waals surface area contributed by atoms with Gasteiger partial charge in [-0.3, -0.25) is 9.03 Å². The minimum Gasteiger partial charge on any atom is -0.279 e. The molecule has 6 nitrogen and oxygen atoms in total. The Morgan fingerprint density at radius 2 is 1.63 bits per heavy atom. The van der Waals surface area contributed by atoms with E-state index in [1.807, 2.05) is 20.8 Å². The van der Waals surface area contributed by atoms with E-state index in [4.69, 9.17) is 0 Å². The van der Waals surface area contributed by atoms with E-state index in [1.54, 1.807) is 37.3 Å². The van der Waals surface area contributed by atoms with Gasteiger partial charge in [-0.15, -0.1) is 0 Å². The summed E-state index contributed by atoms with van der Waals surface area (Å²) in [6, 6.07) is 11.5. The number of anilines is 2. The smallest absolute Gasteiger partial charge is 0.261 e. The van der Waals surface area contributed by atoms with Crippen molar-refractivity contribution in [2.45, 2.75) is 39.0 Å². The van der Waals surface area contributed by atoms with Gasteiger partial charge in [-0.25, -0.2) is 16.8 Å². The molecule has 0 unspecified atom stereocenters. The summed E-state index contributed by atoms with van der Waals surface area (Å²) in [5.41, 5.74) is 2.43. The fourth-order valence-corrected chi connectivity index (χ4v) is 5.69. The molecule has 1 fully saturated rings. The molecule has 2 aromatic carbocycles. The molecule has 0 saturated carbocycles. The largest absolute Gasteiger partial charge is 0.279 e. The third-order valence-electron chi connectivity index (χ3n) is 4.21. The zero-order valence-corrected chi connectivity index (χ0v) is 17.7. The Morgan fingerprint density at radius 1 is 1.00 bits per heavy atom. The van der Waals surface area contributed by atoms with Gasteiger partial charge in [0.15, 0.2) is 0 Å². The van der Waals surface area contributed by atoms with E-state index in [0.717, 1.165) is 11.1 Å². The van der Waals surface area contributed by atoms with Crippen molar-refractivity contribution in [3.8, 4) is 0 Å². The first-order valence-corrected chi connectivity index (χ1v) is 12.0. The molecular weight excluding hydrogens is 384 g/mol. The van der Waals surface area contributed by atoms with Crippen LogP contribution in [0.15, 0.2) is 47.4 Å². The highest BCUT2D eigenvalue weighted by Gasteiger charge is 2.30. The molecule has 8 heteroatoms. The highest BCUT2D eigenvalue weighted by molar-refractivity contribution is 7.93. The van der Waals surface area contributed by atoms with E-state index in [1.165, 1.54) is 16.4 Å². The molecule has 2 aromatic rings. The van der Waals surface area contributed by atoms with E-state index in [0.29, 0.717) is 24.3 Å². The number of hydrogen-bond donors (Lipinski definition) is 1. The van der Waals surface area contributed by atoms with Crippen LogP contribution in [0.5, 0.6) is 0 Å². The molecule has 0 radical (unpaired) electrons. The summed E-state index contributed by atoms with van der Waals surface area (Å²) in [6.45, 7) is 8.03. The summed E-state index contributed by atoms with van der Waals surface area (Å²) in [5.74, 6) is 0.116. The fourth-order valence-electron chi connectivity index (χ4n) is 2.93. The van der Waals surface area contributed by atoms with Gasteiger partial charge in [0.05, 0.1) is 22.0 Å². The Balaban J connectivity index is 0.00000126. The van der Waals surface area contributed by atoms with E-state index >= 15 is 0 Å². The van der Waals surface area contributed by atoms with Crippen LogP contribution < -0.4 is 9.03 Å². The molecule has 0 aromatic heterocycles. The van der Waals surface area contributed by atoms with Crippen LogP contribution in [-0.4, -0.2) is 29.1 Å². The van der Waals surface area contributed by atoms with Gasteiger partial charge < -0.3 is 0 Å². The summed E-state index contributed by atoms with van der Waals surface area (Å²) in [7, 11) is -7.07. The highest BCUT2D eigenvalue weighted by Crippen LogP contribution is 2.33. The predicted octanol–water partition coefficient (Wildman–Crippen LogP) is 3.67. The molecule has 0 amide bonds. The molecule has 0 bridgehead atoms. The summed E-state index contributed by atoms with van der Waals surface area (Å²) in [6.07, 6.45) is 0.570. The Bertz CT molecular complexity index is 1000. The Morgan fingerprint density at radius 3 is 2.19 bits per heavy atom. The van der Waals surface area contributed by atoms with Crippen LogP contribution in [-0.2, 0) is 20.0 Å². The lowest BCUT2D eigenvalue weighted by Crippen LogP contribution is -2.26. The fraction of sp³-hybridized carbons (Fsp3) is 0.368. The molecule has 3 rings (SSSR count). The second-order valence-electron chi connectivity index (χ2n) is 6.11. The maximum Gasteiger partial charge on any atom is 0.261 e. The molecule has 1 heterocycles. The van der Waals surface area contributed by atoms with Crippen LogP contribution in [0.4, 0.5) is 11.4 Å². The van der Waals surface area contributed by atoms with E-state index in [-0.39, 0.29) is 10.6 Å². The quantitative estimate of drug-likeness (QED) is 0.833. The normalized spacial score (nSPS) is 15.8. The summed E-state index contributed by atoms with van der Waals surface area (Å²) in [5, 5.41) is 0. The Kier molecular flexibility index (Phi) is 6.54. The topological polar surface area (TPSA) is 83.6 Å². The average Bonchev–Trinajstić information content (AvgIpc) is 2.99. The number of nitrogens with zero attached hydrogens (tertiary/aromatic N) is 1. The lowest BCUT2D eigenvalue weighted by atomic mass is 10.1. The van der Waals surface area contributed by atoms with Gasteiger partial charge in [0.2, 0.25) is 10.0 Å². The van der Waals surface area contributed by atoms with Gasteiger partial charge in [-0.2, -0.15) is 0 Å². The number of hydrogen-bond acceptors (Lipinski definition) is 4. The van der Waals surface area contributed by atoms with Gasteiger partial charge in [-0.05, 0) is 49.6 Å². The van der Waals surface area contributed by atoms with Crippen molar-refractivity contribution in [2.75, 3.05) is 21.3 Å². The summed E-state index contributed by atoms with van der Waals surface area (Å²) < 4.78 is 53.5. The third kappa shape index (κ3) is 4.62. The third-order valence-corrected chi connectivity index (χ3v) is 7.45. The molecule has 1 aliphatic rings. The number of rotatable bonds is 4. The number of aryl methyl sites for hydroxylation is 2. The molecule has 148 valence electrons. The van der Waals surface area contributed by atoms with Crippen molar-refractivity contribution in [1.82, 2.24) is 0 Å².